The summed E-state index contributed by atoms with van der Waals surface area (Å²) >= 11 is 0. The smallest absolute Gasteiger partial charge is 0.0482 e. The Balaban J connectivity index is 1.67. The lowest BCUT2D eigenvalue weighted by Gasteiger charge is -2.28. The Morgan fingerprint density at radius 3 is 1.96 bits per heavy atom. The minimum absolute atomic E-state index is 0.385. The number of anilines is 4. The van der Waals surface area contributed by atoms with E-state index in [4.69, 9.17) is 11.5 Å². The van der Waals surface area contributed by atoms with Crippen LogP contribution in [0.3, 0.4) is 0 Å². The lowest BCUT2D eigenvalue weighted by molar-refractivity contribution is 0.395. The molecule has 3 aromatic carbocycles. The van der Waals surface area contributed by atoms with Gasteiger partial charge in [-0.15, -0.1) is 0 Å². The molecule has 0 heterocycles. The van der Waals surface area contributed by atoms with Crippen molar-refractivity contribution in [1.29, 1.82) is 0 Å². The van der Waals surface area contributed by atoms with Gasteiger partial charge in [-0.25, -0.2) is 0 Å². The molecule has 3 heteroatoms. The average Bonchev–Trinajstić information content (AvgIpc) is 2.71. The van der Waals surface area contributed by atoms with Crippen LogP contribution in [0.4, 0.5) is 22.7 Å². The van der Waals surface area contributed by atoms with E-state index >= 15 is 0 Å². The van der Waals surface area contributed by atoms with E-state index < -0.39 is 0 Å². The number of hydrogen-bond acceptors (Lipinski definition) is 3. The first-order chi connectivity index (χ1) is 13.6. The van der Waals surface area contributed by atoms with Gasteiger partial charge < -0.3 is 16.4 Å². The van der Waals surface area contributed by atoms with Crippen molar-refractivity contribution < 1.29 is 0 Å². The Morgan fingerprint density at radius 2 is 1.36 bits per heavy atom. The van der Waals surface area contributed by atoms with Gasteiger partial charge in [-0.1, -0.05) is 35.9 Å². The van der Waals surface area contributed by atoms with Gasteiger partial charge in [-0.3, -0.25) is 0 Å². The highest BCUT2D eigenvalue weighted by Gasteiger charge is 2.20. The van der Waals surface area contributed by atoms with Crippen LogP contribution in [-0.2, 0) is 0 Å². The van der Waals surface area contributed by atoms with E-state index in [-0.39, 0.29) is 0 Å². The van der Waals surface area contributed by atoms with Gasteiger partial charge in [0.15, 0.2) is 0 Å². The fraction of sp³-hybridized carbons (Fsp3) is 0.280. The van der Waals surface area contributed by atoms with Gasteiger partial charge in [0.25, 0.3) is 0 Å². The minimum atomic E-state index is 0.385. The largest absolute Gasteiger partial charge is 0.399 e. The van der Waals surface area contributed by atoms with E-state index in [0.29, 0.717) is 12.0 Å². The average molecular weight is 372 g/mol. The summed E-state index contributed by atoms with van der Waals surface area (Å²) in [7, 11) is 0. The SMILES string of the molecule is Cc1ccc(N(c2ccc(C3CCC(N)CC3)cc2)c2cccc(N)c2)cc1. The Hall–Kier alpha value is -2.78. The molecule has 0 amide bonds. The van der Waals surface area contributed by atoms with Gasteiger partial charge in [0, 0.05) is 28.8 Å². The summed E-state index contributed by atoms with van der Waals surface area (Å²) < 4.78 is 0. The zero-order valence-electron chi connectivity index (χ0n) is 16.5. The number of rotatable bonds is 4. The Labute approximate surface area is 168 Å². The van der Waals surface area contributed by atoms with Crippen molar-refractivity contribution in [2.75, 3.05) is 10.6 Å². The number of aryl methyl sites for hydroxylation is 1. The van der Waals surface area contributed by atoms with Crippen molar-refractivity contribution in [1.82, 2.24) is 0 Å². The van der Waals surface area contributed by atoms with E-state index in [1.807, 2.05) is 18.2 Å². The van der Waals surface area contributed by atoms with E-state index in [1.54, 1.807) is 0 Å². The molecule has 4 N–H and O–H groups in total. The van der Waals surface area contributed by atoms with Crippen molar-refractivity contribution >= 4 is 22.7 Å². The minimum Gasteiger partial charge on any atom is -0.399 e. The zero-order chi connectivity index (χ0) is 19.5. The third kappa shape index (κ3) is 4.05. The van der Waals surface area contributed by atoms with E-state index in [9.17, 15) is 0 Å². The van der Waals surface area contributed by atoms with E-state index in [1.165, 1.54) is 24.0 Å². The van der Waals surface area contributed by atoms with Crippen molar-refractivity contribution in [2.45, 2.75) is 44.6 Å². The molecule has 0 spiro atoms. The first kappa shape index (κ1) is 18.6. The van der Waals surface area contributed by atoms with Gasteiger partial charge in [0.05, 0.1) is 0 Å². The Bertz CT molecular complexity index is 907. The van der Waals surface area contributed by atoms with Gasteiger partial charge in [0.2, 0.25) is 0 Å². The maximum Gasteiger partial charge on any atom is 0.0482 e. The van der Waals surface area contributed by atoms with E-state index in [0.717, 1.165) is 35.6 Å². The lowest BCUT2D eigenvalue weighted by atomic mass is 9.82. The van der Waals surface area contributed by atoms with Crippen LogP contribution in [0, 0.1) is 6.92 Å². The maximum absolute atomic E-state index is 6.07. The second-order valence-electron chi connectivity index (χ2n) is 7.97. The summed E-state index contributed by atoms with van der Waals surface area (Å²) in [5, 5.41) is 0. The number of hydrogen-bond donors (Lipinski definition) is 2. The number of benzene rings is 3. The van der Waals surface area contributed by atoms with Crippen LogP contribution in [-0.4, -0.2) is 6.04 Å². The molecule has 1 aliphatic carbocycles. The second-order valence-corrected chi connectivity index (χ2v) is 7.97. The predicted octanol–water partition coefficient (Wildman–Crippen LogP) is 6.03. The normalized spacial score (nSPS) is 19.4. The summed E-state index contributed by atoms with van der Waals surface area (Å²) in [5.74, 6) is 0.633. The monoisotopic (exact) mass is 371 g/mol. The number of nitrogens with two attached hydrogens (primary N) is 2. The first-order valence-corrected chi connectivity index (χ1v) is 10.2. The highest BCUT2D eigenvalue weighted by atomic mass is 15.1. The second kappa shape index (κ2) is 8.07. The lowest BCUT2D eigenvalue weighted by Crippen LogP contribution is -2.25. The van der Waals surface area contributed by atoms with Gasteiger partial charge in [-0.05, 0) is 86.6 Å². The molecular weight excluding hydrogens is 342 g/mol. The van der Waals surface area contributed by atoms with Crippen LogP contribution in [0.5, 0.6) is 0 Å². The molecule has 0 aromatic heterocycles. The van der Waals surface area contributed by atoms with Crippen LogP contribution in [0.25, 0.3) is 0 Å². The zero-order valence-corrected chi connectivity index (χ0v) is 16.5. The Kier molecular flexibility index (Phi) is 5.36. The summed E-state index contributed by atoms with van der Waals surface area (Å²) in [5.41, 5.74) is 18.9. The predicted molar refractivity (Wildman–Crippen MR) is 119 cm³/mol. The summed E-state index contributed by atoms with van der Waals surface area (Å²) in [4.78, 5) is 2.26. The summed E-state index contributed by atoms with van der Waals surface area (Å²) in [6.45, 7) is 2.11. The van der Waals surface area contributed by atoms with Crippen LogP contribution in [0.15, 0.2) is 72.8 Å². The van der Waals surface area contributed by atoms with Crippen molar-refractivity contribution in [2.24, 2.45) is 5.73 Å². The maximum atomic E-state index is 6.07. The van der Waals surface area contributed by atoms with Gasteiger partial charge in [0.1, 0.15) is 0 Å². The highest BCUT2D eigenvalue weighted by molar-refractivity contribution is 5.78. The number of nitrogen functional groups attached to an aromatic ring is 1. The quantitative estimate of drug-likeness (QED) is 0.550. The standard InChI is InChI=1S/C25H29N3/c1-18-5-13-23(14-6-18)28(25-4-2-3-22(27)17-25)24-15-9-20(10-16-24)19-7-11-21(26)12-8-19/h2-6,9-10,13-17,19,21H,7-8,11-12,26-27H2,1H3. The van der Waals surface area contributed by atoms with Gasteiger partial charge >= 0.3 is 0 Å². The molecule has 0 unspecified atom stereocenters. The molecule has 3 aromatic rings. The third-order valence-electron chi connectivity index (χ3n) is 5.82. The molecular formula is C25H29N3. The summed E-state index contributed by atoms with van der Waals surface area (Å²) in [6, 6.07) is 26.1. The summed E-state index contributed by atoms with van der Waals surface area (Å²) in [6.07, 6.45) is 4.64. The van der Waals surface area contributed by atoms with Crippen molar-refractivity contribution in [3.63, 3.8) is 0 Å². The molecule has 0 bridgehead atoms. The van der Waals surface area contributed by atoms with Crippen LogP contribution in [0.1, 0.15) is 42.7 Å². The molecule has 0 saturated heterocycles. The molecule has 1 fully saturated rings. The Morgan fingerprint density at radius 1 is 0.750 bits per heavy atom. The fourth-order valence-corrected chi connectivity index (χ4v) is 4.15. The van der Waals surface area contributed by atoms with Gasteiger partial charge in [-0.2, -0.15) is 0 Å². The molecule has 1 aliphatic rings. The topological polar surface area (TPSA) is 55.3 Å². The van der Waals surface area contributed by atoms with E-state index in [2.05, 4.69) is 66.4 Å². The van der Waals surface area contributed by atoms with Crippen molar-refractivity contribution in [3.8, 4) is 0 Å². The van der Waals surface area contributed by atoms with Crippen LogP contribution in [0.2, 0.25) is 0 Å². The molecule has 1 saturated carbocycles. The fourth-order valence-electron chi connectivity index (χ4n) is 4.15. The molecule has 0 radical (unpaired) electrons. The third-order valence-corrected chi connectivity index (χ3v) is 5.82. The van der Waals surface area contributed by atoms with Crippen LogP contribution < -0.4 is 16.4 Å². The molecule has 0 aliphatic heterocycles. The first-order valence-electron chi connectivity index (χ1n) is 10.2. The molecule has 28 heavy (non-hydrogen) atoms. The molecule has 3 nitrogen and oxygen atoms in total. The molecule has 4 rings (SSSR count). The highest BCUT2D eigenvalue weighted by Crippen LogP contribution is 2.37. The van der Waals surface area contributed by atoms with Crippen LogP contribution >= 0.6 is 0 Å². The number of nitrogens with zero attached hydrogens (tertiary/aromatic N) is 1. The van der Waals surface area contributed by atoms with Crippen molar-refractivity contribution in [3.05, 3.63) is 83.9 Å². The molecule has 144 valence electrons. The molecule has 0 atom stereocenters.